The van der Waals surface area contributed by atoms with Crippen LogP contribution in [0, 0.1) is 13.8 Å². The van der Waals surface area contributed by atoms with Gasteiger partial charge in [-0.3, -0.25) is 4.79 Å². The van der Waals surface area contributed by atoms with E-state index in [1.165, 1.54) is 6.07 Å². The van der Waals surface area contributed by atoms with Crippen molar-refractivity contribution in [1.82, 2.24) is 0 Å². The van der Waals surface area contributed by atoms with Crippen molar-refractivity contribution in [1.29, 1.82) is 0 Å². The molecule has 0 atom stereocenters. The fourth-order valence-electron chi connectivity index (χ4n) is 1.48. The lowest BCUT2D eigenvalue weighted by Crippen LogP contribution is -2.16. The molecule has 86 valence electrons. The first-order chi connectivity index (χ1) is 7.45. The molecule has 2 N–H and O–H groups in total. The monoisotopic (exact) mass is 241 g/mol. The summed E-state index contributed by atoms with van der Waals surface area (Å²) in [5, 5.41) is 11.5. The van der Waals surface area contributed by atoms with Crippen LogP contribution in [0.4, 0.5) is 5.69 Å². The average Bonchev–Trinajstić information content (AvgIpc) is 2.20. The van der Waals surface area contributed by atoms with Crippen molar-refractivity contribution in [2.24, 2.45) is 0 Å². The summed E-state index contributed by atoms with van der Waals surface area (Å²) in [6.45, 7) is 3.54. The van der Waals surface area contributed by atoms with Crippen LogP contribution in [0.1, 0.15) is 21.5 Å². The third-order valence-electron chi connectivity index (χ3n) is 2.10. The number of halogens is 1. The second-order valence-electron chi connectivity index (χ2n) is 3.49. The summed E-state index contributed by atoms with van der Waals surface area (Å²) in [7, 11) is 0. The number of anilines is 1. The number of alkyl halides is 1. The number of carboxylic acids is 1. The van der Waals surface area contributed by atoms with Crippen molar-refractivity contribution in [2.45, 2.75) is 13.8 Å². The quantitative estimate of drug-likeness (QED) is 0.797. The maximum Gasteiger partial charge on any atom is 0.337 e. The van der Waals surface area contributed by atoms with Crippen molar-refractivity contribution in [3.05, 3.63) is 28.8 Å². The molecule has 0 bridgehead atoms. The summed E-state index contributed by atoms with van der Waals surface area (Å²) in [5.74, 6) is -1.69. The highest BCUT2D eigenvalue weighted by molar-refractivity contribution is 6.29. The molecule has 0 aliphatic rings. The van der Waals surface area contributed by atoms with Crippen LogP contribution in [0.15, 0.2) is 12.1 Å². The molecule has 5 heteroatoms. The fourth-order valence-corrected chi connectivity index (χ4v) is 1.54. The fraction of sp³-hybridized carbons (Fsp3) is 0.273. The number of aryl methyl sites for hydroxylation is 2. The molecule has 4 nitrogen and oxygen atoms in total. The summed E-state index contributed by atoms with van der Waals surface area (Å²) in [4.78, 5) is 22.2. The van der Waals surface area contributed by atoms with Gasteiger partial charge in [0.15, 0.2) is 0 Å². The van der Waals surface area contributed by atoms with Gasteiger partial charge in [-0.1, -0.05) is 6.07 Å². The molecule has 0 aromatic heterocycles. The summed E-state index contributed by atoms with van der Waals surface area (Å²) in [6, 6.07) is 3.31. The Morgan fingerprint density at radius 3 is 2.50 bits per heavy atom. The Kier molecular flexibility index (Phi) is 3.90. The molecule has 0 saturated heterocycles. The standard InChI is InChI=1S/C11H12ClNO3/c1-6-3-7(2)10(13-9(14)5-12)8(4-6)11(15)16/h3-4H,5H2,1-2H3,(H,13,14)(H,15,16). The Labute approximate surface area is 98.2 Å². The molecular formula is C11H12ClNO3. The molecule has 0 unspecified atom stereocenters. The normalized spacial score (nSPS) is 9.94. The first kappa shape index (κ1) is 12.5. The number of carbonyl (C=O) groups excluding carboxylic acids is 1. The minimum Gasteiger partial charge on any atom is -0.478 e. The lowest BCUT2D eigenvalue weighted by atomic mass is 10.0. The first-order valence-electron chi connectivity index (χ1n) is 4.66. The number of hydrogen-bond acceptors (Lipinski definition) is 2. The lowest BCUT2D eigenvalue weighted by Gasteiger charge is -2.11. The van der Waals surface area contributed by atoms with Gasteiger partial charge in [0.2, 0.25) is 5.91 Å². The second kappa shape index (κ2) is 4.99. The van der Waals surface area contributed by atoms with Gasteiger partial charge in [-0.15, -0.1) is 11.6 Å². The van der Waals surface area contributed by atoms with E-state index in [0.717, 1.165) is 5.56 Å². The Bertz CT molecular complexity index is 443. The molecule has 0 heterocycles. The topological polar surface area (TPSA) is 66.4 Å². The minimum absolute atomic E-state index is 0.0796. The summed E-state index contributed by atoms with van der Waals surface area (Å²) in [5.41, 5.74) is 1.93. The van der Waals surface area contributed by atoms with Crippen molar-refractivity contribution in [3.63, 3.8) is 0 Å². The van der Waals surface area contributed by atoms with E-state index in [9.17, 15) is 9.59 Å². The van der Waals surface area contributed by atoms with E-state index in [0.29, 0.717) is 11.3 Å². The van der Waals surface area contributed by atoms with Gasteiger partial charge in [0.05, 0.1) is 11.3 Å². The Balaban J connectivity index is 3.24. The predicted octanol–water partition coefficient (Wildman–Crippen LogP) is 2.18. The van der Waals surface area contributed by atoms with Gasteiger partial charge in [0.1, 0.15) is 5.88 Å². The van der Waals surface area contributed by atoms with Gasteiger partial charge in [-0.05, 0) is 31.0 Å². The van der Waals surface area contributed by atoms with Gasteiger partial charge in [-0.2, -0.15) is 0 Å². The van der Waals surface area contributed by atoms with Crippen LogP contribution in [0.5, 0.6) is 0 Å². The zero-order chi connectivity index (χ0) is 12.3. The molecule has 0 fully saturated rings. The Hall–Kier alpha value is -1.55. The number of benzene rings is 1. The van der Waals surface area contributed by atoms with Crippen molar-refractivity contribution < 1.29 is 14.7 Å². The van der Waals surface area contributed by atoms with Crippen LogP contribution in [-0.2, 0) is 4.79 Å². The van der Waals surface area contributed by atoms with Crippen LogP contribution >= 0.6 is 11.6 Å². The van der Waals surface area contributed by atoms with Crippen LogP contribution in [0.25, 0.3) is 0 Å². The van der Waals surface area contributed by atoms with Crippen molar-refractivity contribution in [2.75, 3.05) is 11.2 Å². The summed E-state index contributed by atoms with van der Waals surface area (Å²) in [6.07, 6.45) is 0. The van der Waals surface area contributed by atoms with E-state index >= 15 is 0 Å². The van der Waals surface area contributed by atoms with Crippen LogP contribution in [0.2, 0.25) is 0 Å². The van der Waals surface area contributed by atoms with E-state index in [1.54, 1.807) is 19.9 Å². The largest absolute Gasteiger partial charge is 0.478 e. The second-order valence-corrected chi connectivity index (χ2v) is 3.76. The Morgan fingerprint density at radius 1 is 1.38 bits per heavy atom. The molecule has 0 spiro atoms. The van der Waals surface area contributed by atoms with Crippen LogP contribution in [-0.4, -0.2) is 22.9 Å². The summed E-state index contributed by atoms with van der Waals surface area (Å²) < 4.78 is 0. The molecule has 0 aliphatic heterocycles. The average molecular weight is 242 g/mol. The van der Waals surface area contributed by atoms with Crippen molar-refractivity contribution >= 4 is 29.2 Å². The van der Waals surface area contributed by atoms with Gasteiger partial charge in [0, 0.05) is 0 Å². The minimum atomic E-state index is -1.07. The number of amides is 1. The molecule has 0 saturated carbocycles. The van der Waals surface area contributed by atoms with Crippen LogP contribution < -0.4 is 5.32 Å². The highest BCUT2D eigenvalue weighted by Crippen LogP contribution is 2.22. The van der Waals surface area contributed by atoms with Gasteiger partial charge >= 0.3 is 5.97 Å². The maximum absolute atomic E-state index is 11.2. The highest BCUT2D eigenvalue weighted by Gasteiger charge is 2.14. The molecule has 1 aromatic carbocycles. The zero-order valence-corrected chi connectivity index (χ0v) is 9.76. The Morgan fingerprint density at radius 2 is 2.00 bits per heavy atom. The van der Waals surface area contributed by atoms with E-state index < -0.39 is 11.9 Å². The van der Waals surface area contributed by atoms with E-state index in [4.69, 9.17) is 16.7 Å². The molecule has 1 amide bonds. The molecule has 1 rings (SSSR count). The number of rotatable bonds is 3. The maximum atomic E-state index is 11.2. The molecule has 1 aromatic rings. The predicted molar refractivity (Wildman–Crippen MR) is 62.2 cm³/mol. The summed E-state index contributed by atoms with van der Waals surface area (Å²) >= 11 is 5.36. The third kappa shape index (κ3) is 2.73. The van der Waals surface area contributed by atoms with E-state index in [1.807, 2.05) is 0 Å². The number of hydrogen-bond donors (Lipinski definition) is 2. The lowest BCUT2D eigenvalue weighted by molar-refractivity contribution is -0.113. The SMILES string of the molecule is Cc1cc(C)c(NC(=O)CCl)c(C(=O)O)c1. The number of nitrogens with one attached hydrogen (secondary N) is 1. The molecular weight excluding hydrogens is 230 g/mol. The third-order valence-corrected chi connectivity index (χ3v) is 2.34. The van der Waals surface area contributed by atoms with Gasteiger partial charge < -0.3 is 10.4 Å². The van der Waals surface area contributed by atoms with Gasteiger partial charge in [0.25, 0.3) is 0 Å². The molecule has 16 heavy (non-hydrogen) atoms. The van der Waals surface area contributed by atoms with Crippen LogP contribution in [0.3, 0.4) is 0 Å². The number of aromatic carboxylic acids is 1. The molecule has 0 aliphatic carbocycles. The van der Waals surface area contributed by atoms with E-state index in [2.05, 4.69) is 5.32 Å². The number of carbonyl (C=O) groups is 2. The zero-order valence-electron chi connectivity index (χ0n) is 9.00. The van der Waals surface area contributed by atoms with Crippen molar-refractivity contribution in [3.8, 4) is 0 Å². The first-order valence-corrected chi connectivity index (χ1v) is 5.19. The van der Waals surface area contributed by atoms with Gasteiger partial charge in [-0.25, -0.2) is 4.79 Å². The van der Waals surface area contributed by atoms with E-state index in [-0.39, 0.29) is 11.4 Å². The number of carboxylic acid groups (broad SMARTS) is 1. The highest BCUT2D eigenvalue weighted by atomic mass is 35.5. The smallest absolute Gasteiger partial charge is 0.337 e. The molecule has 0 radical (unpaired) electrons.